The molecule has 92 valence electrons. The monoisotopic (exact) mass is 258 g/mol. The number of nitrogens with zero attached hydrogens (tertiary/aromatic N) is 3. The lowest BCUT2D eigenvalue weighted by Gasteiger charge is -1.96. The molecule has 0 saturated carbocycles. The standard InChI is InChI=1S/C17H12N3/c1-3-12-13-4-2-7-19-10-20-8-5-11-9-18(6-1)15(12)14(11)17(20)16(13)19/h1-8H,9-10H2/q+3. The van der Waals surface area contributed by atoms with Gasteiger partial charge in [0.15, 0.2) is 25.1 Å². The molecule has 20 heavy (non-hydrogen) atoms. The van der Waals surface area contributed by atoms with Gasteiger partial charge in [0, 0.05) is 23.8 Å². The molecule has 3 nitrogen and oxygen atoms in total. The van der Waals surface area contributed by atoms with Crippen LogP contribution in [0.25, 0.3) is 32.7 Å². The second-order valence-electron chi connectivity index (χ2n) is 5.81. The van der Waals surface area contributed by atoms with Gasteiger partial charge in [-0.2, -0.15) is 4.57 Å². The third-order valence-corrected chi connectivity index (χ3v) is 4.84. The van der Waals surface area contributed by atoms with E-state index in [2.05, 4.69) is 62.6 Å². The van der Waals surface area contributed by atoms with Crippen molar-refractivity contribution in [2.75, 3.05) is 0 Å². The molecule has 1 aromatic carbocycles. The fourth-order valence-corrected chi connectivity index (χ4v) is 4.08. The smallest absolute Gasteiger partial charge is 0.193 e. The Labute approximate surface area is 114 Å². The lowest BCUT2D eigenvalue weighted by molar-refractivity contribution is -0.872. The van der Waals surface area contributed by atoms with Crippen molar-refractivity contribution in [2.45, 2.75) is 13.2 Å². The van der Waals surface area contributed by atoms with Crippen LogP contribution in [0.5, 0.6) is 0 Å². The van der Waals surface area contributed by atoms with Crippen molar-refractivity contribution in [1.82, 2.24) is 0 Å². The lowest BCUT2D eigenvalue weighted by Crippen LogP contribution is -2.45. The fourth-order valence-electron chi connectivity index (χ4n) is 4.08. The molecule has 0 atom stereocenters. The highest BCUT2D eigenvalue weighted by atomic mass is 15.2. The summed E-state index contributed by atoms with van der Waals surface area (Å²) in [5, 5.41) is 4.20. The zero-order valence-electron chi connectivity index (χ0n) is 10.9. The van der Waals surface area contributed by atoms with Crippen molar-refractivity contribution in [1.29, 1.82) is 0 Å². The van der Waals surface area contributed by atoms with E-state index in [1.54, 1.807) is 0 Å². The van der Waals surface area contributed by atoms with Crippen molar-refractivity contribution in [3.05, 3.63) is 54.5 Å². The highest BCUT2D eigenvalue weighted by molar-refractivity contribution is 6.20. The molecule has 0 aliphatic carbocycles. The summed E-state index contributed by atoms with van der Waals surface area (Å²) in [6, 6.07) is 11.1. The summed E-state index contributed by atoms with van der Waals surface area (Å²) in [4.78, 5) is 0. The molecule has 0 amide bonds. The van der Waals surface area contributed by atoms with Gasteiger partial charge >= 0.3 is 6.67 Å². The van der Waals surface area contributed by atoms with Crippen LogP contribution >= 0.6 is 0 Å². The van der Waals surface area contributed by atoms with Crippen molar-refractivity contribution in [3.63, 3.8) is 0 Å². The summed E-state index contributed by atoms with van der Waals surface area (Å²) in [6.45, 7) is 1.93. The molecule has 0 unspecified atom stereocenters. The second kappa shape index (κ2) is 2.80. The zero-order chi connectivity index (χ0) is 12.8. The molecule has 0 radical (unpaired) electrons. The normalized spacial score (nSPS) is 14.6. The molecule has 6 rings (SSSR count). The van der Waals surface area contributed by atoms with Gasteiger partial charge < -0.3 is 0 Å². The number of aromatic nitrogens is 3. The number of rotatable bonds is 0. The second-order valence-corrected chi connectivity index (χ2v) is 5.81. The maximum atomic E-state index is 2.39. The number of hydrogen-bond donors (Lipinski definition) is 0. The van der Waals surface area contributed by atoms with Crippen LogP contribution in [0.15, 0.2) is 48.9 Å². The van der Waals surface area contributed by atoms with E-state index in [4.69, 9.17) is 0 Å². The van der Waals surface area contributed by atoms with Crippen molar-refractivity contribution >= 4 is 32.7 Å². The Morgan fingerprint density at radius 1 is 0.700 bits per heavy atom. The molecule has 4 aromatic rings. The average molecular weight is 258 g/mol. The molecule has 3 aromatic heterocycles. The van der Waals surface area contributed by atoms with Gasteiger partial charge in [-0.25, -0.2) is 0 Å². The predicted octanol–water partition coefficient (Wildman–Crippen LogP) is 1.19. The fraction of sp³-hybridized carbons (Fsp3) is 0.118. The molecule has 5 heterocycles. The molecule has 0 saturated heterocycles. The first-order valence-electron chi connectivity index (χ1n) is 7.03. The Balaban J connectivity index is 2.15. The Kier molecular flexibility index (Phi) is 1.31. The molecule has 0 fully saturated rings. The minimum absolute atomic E-state index is 0.930. The van der Waals surface area contributed by atoms with Gasteiger partial charge in [0.2, 0.25) is 5.52 Å². The van der Waals surface area contributed by atoms with Crippen LogP contribution in [0.3, 0.4) is 0 Å². The van der Waals surface area contributed by atoms with Gasteiger partial charge in [-0.05, 0) is 12.1 Å². The van der Waals surface area contributed by atoms with Gasteiger partial charge in [-0.15, -0.1) is 9.13 Å². The van der Waals surface area contributed by atoms with Crippen LogP contribution in [0.2, 0.25) is 0 Å². The minimum Gasteiger partial charge on any atom is -0.193 e. The first-order valence-corrected chi connectivity index (χ1v) is 7.03. The van der Waals surface area contributed by atoms with E-state index in [9.17, 15) is 0 Å². The molecule has 0 bridgehead atoms. The van der Waals surface area contributed by atoms with E-state index in [0.29, 0.717) is 0 Å². The summed E-state index contributed by atoms with van der Waals surface area (Å²) in [5.41, 5.74) is 5.64. The molecule has 2 aliphatic heterocycles. The highest BCUT2D eigenvalue weighted by Gasteiger charge is 2.39. The van der Waals surface area contributed by atoms with E-state index < -0.39 is 0 Å². The van der Waals surface area contributed by atoms with Gasteiger partial charge in [0.1, 0.15) is 5.39 Å². The van der Waals surface area contributed by atoms with E-state index in [1.165, 1.54) is 38.3 Å². The van der Waals surface area contributed by atoms with Crippen molar-refractivity contribution in [3.8, 4) is 0 Å². The average Bonchev–Trinajstić information content (AvgIpc) is 3.03. The van der Waals surface area contributed by atoms with E-state index in [1.807, 2.05) is 0 Å². The zero-order valence-corrected chi connectivity index (χ0v) is 10.9. The summed E-state index contributed by atoms with van der Waals surface area (Å²) in [6.07, 6.45) is 6.63. The Hall–Kier alpha value is -2.55. The van der Waals surface area contributed by atoms with Gasteiger partial charge in [0.05, 0.1) is 10.8 Å². The summed E-state index contributed by atoms with van der Waals surface area (Å²) >= 11 is 0. The highest BCUT2D eigenvalue weighted by Crippen LogP contribution is 2.35. The van der Waals surface area contributed by atoms with Crippen LogP contribution < -0.4 is 13.7 Å². The summed E-state index contributed by atoms with van der Waals surface area (Å²) < 4.78 is 7.13. The number of benzene rings is 1. The van der Waals surface area contributed by atoms with Crippen molar-refractivity contribution < 1.29 is 13.7 Å². The minimum atomic E-state index is 0.930. The summed E-state index contributed by atoms with van der Waals surface area (Å²) in [7, 11) is 0. The van der Waals surface area contributed by atoms with Crippen LogP contribution in [0, 0.1) is 0 Å². The van der Waals surface area contributed by atoms with Crippen LogP contribution in [0.1, 0.15) is 5.56 Å². The van der Waals surface area contributed by atoms with Crippen molar-refractivity contribution in [2.24, 2.45) is 0 Å². The SMILES string of the molecule is c1cc2c3ccc[n+]4c3c3c5c(cc[n+]3C4)C[n+](c1)c25. The largest absolute Gasteiger partial charge is 0.345 e. The van der Waals surface area contributed by atoms with Crippen LogP contribution in [0.4, 0.5) is 0 Å². The van der Waals surface area contributed by atoms with E-state index in [-0.39, 0.29) is 0 Å². The first-order chi connectivity index (χ1) is 9.92. The van der Waals surface area contributed by atoms with Gasteiger partial charge in [-0.3, -0.25) is 0 Å². The summed E-state index contributed by atoms with van der Waals surface area (Å²) in [5.74, 6) is 0. The maximum Gasteiger partial charge on any atom is 0.345 e. The van der Waals surface area contributed by atoms with Crippen LogP contribution in [-0.4, -0.2) is 0 Å². The van der Waals surface area contributed by atoms with Crippen LogP contribution in [-0.2, 0) is 13.2 Å². The molecule has 2 aliphatic rings. The number of fused-ring (bicyclic) bond motifs is 1. The molecular weight excluding hydrogens is 246 g/mol. The molecule has 0 N–H and O–H groups in total. The van der Waals surface area contributed by atoms with E-state index >= 15 is 0 Å². The van der Waals surface area contributed by atoms with E-state index in [0.717, 1.165) is 13.2 Å². The molecule has 3 heteroatoms. The quantitative estimate of drug-likeness (QED) is 0.286. The third-order valence-electron chi connectivity index (χ3n) is 4.84. The molecular formula is C17H12N3+3. The number of hydrogen-bond acceptors (Lipinski definition) is 0. The third kappa shape index (κ3) is 0.827. The Morgan fingerprint density at radius 3 is 2.35 bits per heavy atom. The number of pyridine rings is 3. The lowest BCUT2D eigenvalue weighted by atomic mass is 10.0. The van der Waals surface area contributed by atoms with Gasteiger partial charge in [0.25, 0.3) is 11.0 Å². The predicted molar refractivity (Wildman–Crippen MR) is 74.0 cm³/mol. The first kappa shape index (κ1) is 9.37. The topological polar surface area (TPSA) is 11.6 Å². The maximum absolute atomic E-state index is 2.39. The Morgan fingerprint density at radius 2 is 1.45 bits per heavy atom. The van der Waals surface area contributed by atoms with Gasteiger partial charge in [-0.1, -0.05) is 0 Å². The Bertz CT molecular complexity index is 1010. The molecule has 0 spiro atoms.